The summed E-state index contributed by atoms with van der Waals surface area (Å²) in [6, 6.07) is 0. The molecular weight excluding hydrogens is 292 g/mol. The van der Waals surface area contributed by atoms with Crippen LogP contribution in [0.3, 0.4) is 0 Å². The van der Waals surface area contributed by atoms with Gasteiger partial charge in [-0.25, -0.2) is 4.98 Å². The minimum Gasteiger partial charge on any atom is -0.352 e. The third-order valence-corrected chi connectivity index (χ3v) is 5.40. The van der Waals surface area contributed by atoms with Crippen molar-refractivity contribution in [3.05, 3.63) is 26.7 Å². The zero-order chi connectivity index (χ0) is 14.4. The highest BCUT2D eigenvalue weighted by atomic mass is 35.5. The first-order chi connectivity index (χ1) is 9.54. The normalized spacial score (nSPS) is 14.8. The number of amides is 1. The number of carbonyl (C=O) groups is 1. The second-order valence-electron chi connectivity index (χ2n) is 5.29. The fraction of sp³-hybridized carbons (Fsp3) is 0.467. The van der Waals surface area contributed by atoms with Crippen LogP contribution in [0.2, 0.25) is 5.02 Å². The standard InChI is InChI=1S/C15H17ClN2OS/c1-4-17-14(19)13-11(9-5-6-9)10-7(2)12(16)8(3)18-15(10)20-13/h9H,4-6H2,1-3H3,(H,17,19). The lowest BCUT2D eigenvalue weighted by Crippen LogP contribution is -2.22. The molecule has 0 spiro atoms. The van der Waals surface area contributed by atoms with Crippen LogP contribution in [0.4, 0.5) is 0 Å². The van der Waals surface area contributed by atoms with E-state index in [0.29, 0.717) is 12.5 Å². The molecule has 106 valence electrons. The Morgan fingerprint density at radius 3 is 2.75 bits per heavy atom. The van der Waals surface area contributed by atoms with Crippen molar-refractivity contribution in [2.75, 3.05) is 6.54 Å². The number of aryl methyl sites for hydroxylation is 2. The molecule has 0 unspecified atom stereocenters. The first-order valence-electron chi connectivity index (χ1n) is 6.91. The molecule has 3 rings (SSSR count). The van der Waals surface area contributed by atoms with Gasteiger partial charge in [0.25, 0.3) is 5.91 Å². The fourth-order valence-corrected chi connectivity index (χ4v) is 4.05. The molecule has 0 atom stereocenters. The number of thiophene rings is 1. The minimum atomic E-state index is 0.0191. The Labute approximate surface area is 127 Å². The average Bonchev–Trinajstić information content (AvgIpc) is 3.17. The van der Waals surface area contributed by atoms with E-state index in [4.69, 9.17) is 11.6 Å². The molecular formula is C15H17ClN2OS. The summed E-state index contributed by atoms with van der Waals surface area (Å²) in [6.45, 7) is 6.52. The van der Waals surface area contributed by atoms with Crippen LogP contribution in [-0.4, -0.2) is 17.4 Å². The Hall–Kier alpha value is -1.13. The summed E-state index contributed by atoms with van der Waals surface area (Å²) in [5, 5.41) is 4.73. The number of aromatic nitrogens is 1. The molecule has 1 N–H and O–H groups in total. The van der Waals surface area contributed by atoms with Gasteiger partial charge < -0.3 is 5.32 Å². The lowest BCUT2D eigenvalue weighted by molar-refractivity contribution is 0.0959. The van der Waals surface area contributed by atoms with Crippen LogP contribution in [0, 0.1) is 13.8 Å². The van der Waals surface area contributed by atoms with Gasteiger partial charge in [0.05, 0.1) is 15.6 Å². The summed E-state index contributed by atoms with van der Waals surface area (Å²) in [7, 11) is 0. The fourth-order valence-electron chi connectivity index (χ4n) is 2.63. The number of nitrogens with one attached hydrogen (secondary N) is 1. The number of fused-ring (bicyclic) bond motifs is 1. The number of halogens is 1. The Balaban J connectivity index is 2.28. The zero-order valence-corrected chi connectivity index (χ0v) is 13.4. The van der Waals surface area contributed by atoms with Crippen molar-refractivity contribution in [2.24, 2.45) is 0 Å². The van der Waals surface area contributed by atoms with Gasteiger partial charge >= 0.3 is 0 Å². The van der Waals surface area contributed by atoms with Crippen LogP contribution in [-0.2, 0) is 0 Å². The van der Waals surface area contributed by atoms with Crippen molar-refractivity contribution in [2.45, 2.75) is 39.5 Å². The Morgan fingerprint density at radius 2 is 2.15 bits per heavy atom. The van der Waals surface area contributed by atoms with Crippen molar-refractivity contribution >= 4 is 39.1 Å². The topological polar surface area (TPSA) is 42.0 Å². The van der Waals surface area contributed by atoms with E-state index in [0.717, 1.165) is 44.2 Å². The van der Waals surface area contributed by atoms with E-state index in [1.54, 1.807) is 0 Å². The van der Waals surface area contributed by atoms with E-state index in [1.807, 2.05) is 20.8 Å². The van der Waals surface area contributed by atoms with Gasteiger partial charge in [0.15, 0.2) is 0 Å². The maximum absolute atomic E-state index is 12.3. The molecule has 2 heterocycles. The van der Waals surface area contributed by atoms with Crippen LogP contribution < -0.4 is 5.32 Å². The van der Waals surface area contributed by atoms with E-state index in [-0.39, 0.29) is 5.91 Å². The SMILES string of the molecule is CCNC(=O)c1sc2nc(C)c(Cl)c(C)c2c1C1CC1. The molecule has 1 aliphatic rings. The molecule has 0 aliphatic heterocycles. The molecule has 5 heteroatoms. The molecule has 0 aromatic carbocycles. The second-order valence-corrected chi connectivity index (χ2v) is 6.67. The van der Waals surface area contributed by atoms with Crippen LogP contribution in [0.1, 0.15) is 52.2 Å². The molecule has 0 saturated heterocycles. The van der Waals surface area contributed by atoms with Crippen molar-refractivity contribution in [3.8, 4) is 0 Å². The molecule has 0 radical (unpaired) electrons. The van der Waals surface area contributed by atoms with Gasteiger partial charge in [0.1, 0.15) is 4.83 Å². The third-order valence-electron chi connectivity index (χ3n) is 3.75. The Morgan fingerprint density at radius 1 is 1.45 bits per heavy atom. The smallest absolute Gasteiger partial charge is 0.261 e. The number of carbonyl (C=O) groups excluding carboxylic acids is 1. The minimum absolute atomic E-state index is 0.0191. The lowest BCUT2D eigenvalue weighted by Gasteiger charge is -2.07. The molecule has 1 saturated carbocycles. The summed E-state index contributed by atoms with van der Waals surface area (Å²) >= 11 is 7.84. The summed E-state index contributed by atoms with van der Waals surface area (Å²) < 4.78 is 0. The number of rotatable bonds is 3. The molecule has 20 heavy (non-hydrogen) atoms. The maximum Gasteiger partial charge on any atom is 0.261 e. The number of hydrogen-bond acceptors (Lipinski definition) is 3. The Kier molecular flexibility index (Phi) is 3.46. The molecule has 2 aromatic rings. The van der Waals surface area contributed by atoms with Crippen LogP contribution >= 0.6 is 22.9 Å². The van der Waals surface area contributed by atoms with E-state index in [9.17, 15) is 4.79 Å². The van der Waals surface area contributed by atoms with E-state index < -0.39 is 0 Å². The van der Waals surface area contributed by atoms with E-state index in [1.165, 1.54) is 16.9 Å². The zero-order valence-electron chi connectivity index (χ0n) is 11.8. The number of pyridine rings is 1. The van der Waals surface area contributed by atoms with Gasteiger partial charge in [0, 0.05) is 11.9 Å². The summed E-state index contributed by atoms with van der Waals surface area (Å²) in [5.74, 6) is 0.520. The summed E-state index contributed by atoms with van der Waals surface area (Å²) in [6.07, 6.45) is 2.31. The first kappa shape index (κ1) is 13.8. The van der Waals surface area contributed by atoms with Gasteiger partial charge in [0.2, 0.25) is 0 Å². The summed E-state index contributed by atoms with van der Waals surface area (Å²) in [4.78, 5) is 18.6. The van der Waals surface area contributed by atoms with E-state index >= 15 is 0 Å². The van der Waals surface area contributed by atoms with Crippen LogP contribution in [0.25, 0.3) is 10.2 Å². The van der Waals surface area contributed by atoms with Gasteiger partial charge in [-0.2, -0.15) is 0 Å². The van der Waals surface area contributed by atoms with Crippen LogP contribution in [0.5, 0.6) is 0 Å². The van der Waals surface area contributed by atoms with E-state index in [2.05, 4.69) is 10.3 Å². The largest absolute Gasteiger partial charge is 0.352 e. The van der Waals surface area contributed by atoms with Gasteiger partial charge in [-0.05, 0) is 50.7 Å². The second kappa shape index (κ2) is 5.01. The monoisotopic (exact) mass is 308 g/mol. The highest BCUT2D eigenvalue weighted by Crippen LogP contribution is 2.49. The molecule has 1 fully saturated rings. The highest BCUT2D eigenvalue weighted by Gasteiger charge is 2.33. The quantitative estimate of drug-likeness (QED) is 0.923. The first-order valence-corrected chi connectivity index (χ1v) is 8.11. The summed E-state index contributed by atoms with van der Waals surface area (Å²) in [5.41, 5.74) is 3.06. The predicted molar refractivity (Wildman–Crippen MR) is 84.1 cm³/mol. The van der Waals surface area contributed by atoms with Crippen LogP contribution in [0.15, 0.2) is 0 Å². The molecule has 1 aliphatic carbocycles. The third kappa shape index (κ3) is 2.11. The van der Waals surface area contributed by atoms with Gasteiger partial charge in [-0.3, -0.25) is 4.79 Å². The molecule has 0 bridgehead atoms. The van der Waals surface area contributed by atoms with Gasteiger partial charge in [-0.1, -0.05) is 11.6 Å². The van der Waals surface area contributed by atoms with Crippen molar-refractivity contribution < 1.29 is 4.79 Å². The average molecular weight is 309 g/mol. The molecule has 3 nitrogen and oxygen atoms in total. The van der Waals surface area contributed by atoms with Gasteiger partial charge in [-0.15, -0.1) is 11.3 Å². The predicted octanol–water partition coefficient (Wildman–Crippen LogP) is 4.19. The number of nitrogens with zero attached hydrogens (tertiary/aromatic N) is 1. The lowest BCUT2D eigenvalue weighted by atomic mass is 10.0. The van der Waals surface area contributed by atoms with Crippen molar-refractivity contribution in [3.63, 3.8) is 0 Å². The molecule has 1 amide bonds. The number of hydrogen-bond donors (Lipinski definition) is 1. The Bertz CT molecular complexity index is 704. The molecule has 2 aromatic heterocycles. The maximum atomic E-state index is 12.3. The highest BCUT2D eigenvalue weighted by molar-refractivity contribution is 7.20. The van der Waals surface area contributed by atoms with Crippen molar-refractivity contribution in [1.82, 2.24) is 10.3 Å². The van der Waals surface area contributed by atoms with Crippen molar-refractivity contribution in [1.29, 1.82) is 0 Å².